The number of hydrogen-bond donors (Lipinski definition) is 2. The maximum atomic E-state index is 12.0. The fourth-order valence-corrected chi connectivity index (χ4v) is 2.90. The number of urea groups is 1. The number of carbonyl (C=O) groups excluding carboxylic acids is 1. The van der Waals surface area contributed by atoms with E-state index in [1.807, 2.05) is 38.1 Å². The molecule has 0 spiro atoms. The number of carbonyl (C=O) groups is 1. The summed E-state index contributed by atoms with van der Waals surface area (Å²) in [5.41, 5.74) is 2.30. The van der Waals surface area contributed by atoms with Crippen LogP contribution in [0, 0.1) is 6.92 Å². The van der Waals surface area contributed by atoms with Crippen molar-refractivity contribution in [3.63, 3.8) is 0 Å². The van der Waals surface area contributed by atoms with Crippen LogP contribution in [-0.2, 0) is 0 Å². The van der Waals surface area contributed by atoms with Crippen molar-refractivity contribution in [1.29, 1.82) is 0 Å². The SMILES string of the molecule is CCN(CCO)C(=O)Nc1ncc(-c2ccccc2C)s1. The Labute approximate surface area is 128 Å². The Morgan fingerprint density at radius 2 is 2.19 bits per heavy atom. The molecule has 1 aromatic heterocycles. The van der Waals surface area contributed by atoms with Crippen molar-refractivity contribution in [2.45, 2.75) is 13.8 Å². The van der Waals surface area contributed by atoms with Gasteiger partial charge in [-0.3, -0.25) is 5.32 Å². The third-order valence-corrected chi connectivity index (χ3v) is 4.11. The molecule has 0 aliphatic carbocycles. The molecule has 0 bridgehead atoms. The molecule has 6 heteroatoms. The molecule has 1 aromatic carbocycles. The molecule has 2 aromatic rings. The predicted molar refractivity (Wildman–Crippen MR) is 85.6 cm³/mol. The zero-order chi connectivity index (χ0) is 15.2. The van der Waals surface area contributed by atoms with E-state index >= 15 is 0 Å². The van der Waals surface area contributed by atoms with Crippen LogP contribution in [-0.4, -0.2) is 40.7 Å². The molecule has 1 heterocycles. The second-order valence-electron chi connectivity index (χ2n) is 4.58. The highest BCUT2D eigenvalue weighted by molar-refractivity contribution is 7.19. The monoisotopic (exact) mass is 305 g/mol. The first-order valence-corrected chi connectivity index (χ1v) is 7.66. The molecular formula is C15H19N3O2S. The molecule has 0 aliphatic rings. The second-order valence-corrected chi connectivity index (χ2v) is 5.61. The number of amides is 2. The van der Waals surface area contributed by atoms with Crippen LogP contribution < -0.4 is 5.32 Å². The summed E-state index contributed by atoms with van der Waals surface area (Å²) in [6.45, 7) is 4.73. The molecule has 0 unspecified atom stereocenters. The van der Waals surface area contributed by atoms with Gasteiger partial charge in [-0.25, -0.2) is 9.78 Å². The summed E-state index contributed by atoms with van der Waals surface area (Å²) >= 11 is 1.44. The first kappa shape index (κ1) is 15.5. The lowest BCUT2D eigenvalue weighted by Gasteiger charge is -2.19. The summed E-state index contributed by atoms with van der Waals surface area (Å²) in [4.78, 5) is 18.8. The molecule has 0 saturated heterocycles. The molecule has 2 rings (SSSR count). The smallest absolute Gasteiger partial charge is 0.323 e. The van der Waals surface area contributed by atoms with Gasteiger partial charge in [0.15, 0.2) is 5.13 Å². The Kier molecular flexibility index (Phi) is 5.30. The lowest BCUT2D eigenvalue weighted by molar-refractivity contribution is 0.192. The minimum Gasteiger partial charge on any atom is -0.395 e. The Morgan fingerprint density at radius 1 is 1.43 bits per heavy atom. The Morgan fingerprint density at radius 3 is 2.86 bits per heavy atom. The van der Waals surface area contributed by atoms with Gasteiger partial charge in [-0.1, -0.05) is 35.6 Å². The van der Waals surface area contributed by atoms with Gasteiger partial charge < -0.3 is 10.0 Å². The number of hydrogen-bond acceptors (Lipinski definition) is 4. The molecule has 0 aliphatic heterocycles. The molecule has 0 fully saturated rings. The quantitative estimate of drug-likeness (QED) is 0.892. The van der Waals surface area contributed by atoms with Gasteiger partial charge in [0.2, 0.25) is 0 Å². The van der Waals surface area contributed by atoms with Gasteiger partial charge in [-0.15, -0.1) is 0 Å². The van der Waals surface area contributed by atoms with Gasteiger partial charge in [-0.2, -0.15) is 0 Å². The summed E-state index contributed by atoms with van der Waals surface area (Å²) in [6.07, 6.45) is 1.77. The van der Waals surface area contributed by atoms with Gasteiger partial charge in [0, 0.05) is 19.3 Å². The average molecular weight is 305 g/mol. The van der Waals surface area contributed by atoms with Gasteiger partial charge in [0.25, 0.3) is 0 Å². The highest BCUT2D eigenvalue weighted by Crippen LogP contribution is 2.31. The number of thiazole rings is 1. The zero-order valence-corrected chi connectivity index (χ0v) is 13.0. The van der Waals surface area contributed by atoms with E-state index in [9.17, 15) is 4.79 Å². The Hall–Kier alpha value is -1.92. The summed E-state index contributed by atoms with van der Waals surface area (Å²) in [7, 11) is 0. The molecule has 2 amide bonds. The summed E-state index contributed by atoms with van der Waals surface area (Å²) in [5.74, 6) is 0. The van der Waals surface area contributed by atoms with Crippen LogP contribution in [0.3, 0.4) is 0 Å². The minimum atomic E-state index is -0.239. The number of likely N-dealkylation sites (N-methyl/N-ethyl adjacent to an activating group) is 1. The van der Waals surface area contributed by atoms with Crippen LogP contribution >= 0.6 is 11.3 Å². The molecule has 0 radical (unpaired) electrons. The number of aliphatic hydroxyl groups is 1. The number of benzene rings is 1. The summed E-state index contributed by atoms with van der Waals surface area (Å²) < 4.78 is 0. The maximum Gasteiger partial charge on any atom is 0.323 e. The number of aryl methyl sites for hydroxylation is 1. The summed E-state index contributed by atoms with van der Waals surface area (Å²) in [5, 5.41) is 12.3. The molecule has 2 N–H and O–H groups in total. The lowest BCUT2D eigenvalue weighted by atomic mass is 10.1. The van der Waals surface area contributed by atoms with Gasteiger partial charge in [-0.05, 0) is 25.0 Å². The van der Waals surface area contributed by atoms with Gasteiger partial charge in [0.1, 0.15) is 0 Å². The van der Waals surface area contributed by atoms with Gasteiger partial charge in [0.05, 0.1) is 11.5 Å². The number of aliphatic hydroxyl groups excluding tert-OH is 1. The molecule has 112 valence electrons. The van der Waals surface area contributed by atoms with Crippen LogP contribution in [0.5, 0.6) is 0 Å². The largest absolute Gasteiger partial charge is 0.395 e. The number of anilines is 1. The van der Waals surface area contributed by atoms with E-state index in [0.29, 0.717) is 18.2 Å². The maximum absolute atomic E-state index is 12.0. The van der Waals surface area contributed by atoms with Crippen LogP contribution in [0.4, 0.5) is 9.93 Å². The Bertz CT molecular complexity index is 612. The van der Waals surface area contributed by atoms with E-state index in [1.165, 1.54) is 21.8 Å². The fourth-order valence-electron chi connectivity index (χ4n) is 2.00. The van der Waals surface area contributed by atoms with Crippen molar-refractivity contribution in [3.8, 4) is 10.4 Å². The topological polar surface area (TPSA) is 65.5 Å². The molecule has 5 nitrogen and oxygen atoms in total. The number of aromatic nitrogens is 1. The number of nitrogens with zero attached hydrogens (tertiary/aromatic N) is 2. The van der Waals surface area contributed by atoms with Crippen molar-refractivity contribution >= 4 is 22.5 Å². The lowest BCUT2D eigenvalue weighted by Crippen LogP contribution is -2.36. The predicted octanol–water partition coefficient (Wildman–Crippen LogP) is 2.96. The first-order valence-electron chi connectivity index (χ1n) is 6.84. The summed E-state index contributed by atoms with van der Waals surface area (Å²) in [6, 6.07) is 7.83. The van der Waals surface area contributed by atoms with Crippen LogP contribution in [0.2, 0.25) is 0 Å². The van der Waals surface area contributed by atoms with E-state index in [0.717, 1.165) is 10.4 Å². The molecular weight excluding hydrogens is 286 g/mol. The highest BCUT2D eigenvalue weighted by Gasteiger charge is 2.13. The highest BCUT2D eigenvalue weighted by atomic mass is 32.1. The molecule has 0 atom stereocenters. The van der Waals surface area contributed by atoms with Crippen molar-refractivity contribution in [3.05, 3.63) is 36.0 Å². The third-order valence-electron chi connectivity index (χ3n) is 3.17. The number of nitrogens with one attached hydrogen (secondary N) is 1. The van der Waals surface area contributed by atoms with Crippen molar-refractivity contribution in [2.24, 2.45) is 0 Å². The van der Waals surface area contributed by atoms with Crippen LogP contribution in [0.15, 0.2) is 30.5 Å². The van der Waals surface area contributed by atoms with Crippen LogP contribution in [0.1, 0.15) is 12.5 Å². The Balaban J connectivity index is 2.10. The minimum absolute atomic E-state index is 0.0480. The molecule has 0 saturated carbocycles. The van der Waals surface area contributed by atoms with Crippen LogP contribution in [0.25, 0.3) is 10.4 Å². The third kappa shape index (κ3) is 3.80. The second kappa shape index (κ2) is 7.19. The zero-order valence-electron chi connectivity index (χ0n) is 12.2. The standard InChI is InChI=1S/C15H19N3O2S/c1-3-18(8-9-19)15(20)17-14-16-10-13(21-14)12-7-5-4-6-11(12)2/h4-7,10,19H,3,8-9H2,1-2H3,(H,16,17,20). The fraction of sp³-hybridized carbons (Fsp3) is 0.333. The normalized spacial score (nSPS) is 10.4. The number of rotatable bonds is 5. The van der Waals surface area contributed by atoms with Crippen molar-refractivity contribution < 1.29 is 9.90 Å². The van der Waals surface area contributed by atoms with E-state index in [2.05, 4.69) is 10.3 Å². The average Bonchev–Trinajstić information content (AvgIpc) is 2.93. The van der Waals surface area contributed by atoms with Crippen molar-refractivity contribution in [1.82, 2.24) is 9.88 Å². The van der Waals surface area contributed by atoms with E-state index < -0.39 is 0 Å². The van der Waals surface area contributed by atoms with Gasteiger partial charge >= 0.3 is 6.03 Å². The van der Waals surface area contributed by atoms with E-state index in [4.69, 9.17) is 5.11 Å². The van der Waals surface area contributed by atoms with E-state index in [-0.39, 0.29) is 12.6 Å². The van der Waals surface area contributed by atoms with Crippen molar-refractivity contribution in [2.75, 3.05) is 25.0 Å². The van der Waals surface area contributed by atoms with E-state index in [1.54, 1.807) is 6.20 Å². The first-order chi connectivity index (χ1) is 10.2. The molecule has 21 heavy (non-hydrogen) atoms.